The smallest absolute Gasteiger partial charge is 0.244 e. The second kappa shape index (κ2) is 5.80. The lowest BCUT2D eigenvalue weighted by Gasteiger charge is -2.45. The standard InChI is InChI=1S/C13H26N4O/c1-7-10(2)14-8-11-12(18)17(13(3,4)5)9-15-16(11)6/h11,15H,7-9H2,1-6H3/b14-10-. The maximum atomic E-state index is 12.5. The lowest BCUT2D eigenvalue weighted by Crippen LogP contribution is -2.66. The molecule has 0 aromatic rings. The predicted molar refractivity (Wildman–Crippen MR) is 74.4 cm³/mol. The minimum atomic E-state index is -0.209. The molecule has 1 fully saturated rings. The number of amides is 1. The molecule has 0 aromatic heterocycles. The van der Waals surface area contributed by atoms with E-state index < -0.39 is 0 Å². The Morgan fingerprint density at radius 3 is 2.61 bits per heavy atom. The highest BCUT2D eigenvalue weighted by atomic mass is 16.2. The van der Waals surface area contributed by atoms with Gasteiger partial charge in [-0.2, -0.15) is 0 Å². The van der Waals surface area contributed by atoms with E-state index in [0.29, 0.717) is 13.2 Å². The van der Waals surface area contributed by atoms with Gasteiger partial charge in [0.25, 0.3) is 0 Å². The molecule has 1 saturated heterocycles. The molecule has 0 radical (unpaired) electrons. The Balaban J connectivity index is 2.79. The molecule has 1 aliphatic rings. The first-order valence-electron chi connectivity index (χ1n) is 6.55. The van der Waals surface area contributed by atoms with E-state index in [1.54, 1.807) is 0 Å². The average Bonchev–Trinajstić information content (AvgIpc) is 2.26. The Morgan fingerprint density at radius 1 is 1.50 bits per heavy atom. The summed E-state index contributed by atoms with van der Waals surface area (Å²) in [5, 5.41) is 1.87. The number of hydrazine groups is 1. The van der Waals surface area contributed by atoms with E-state index in [4.69, 9.17) is 0 Å². The first-order valence-corrected chi connectivity index (χ1v) is 6.55. The van der Waals surface area contributed by atoms with Gasteiger partial charge in [-0.1, -0.05) is 6.92 Å². The summed E-state index contributed by atoms with van der Waals surface area (Å²) in [6, 6.07) is -0.209. The van der Waals surface area contributed by atoms with Crippen LogP contribution in [-0.2, 0) is 4.79 Å². The molecule has 0 aliphatic carbocycles. The zero-order chi connectivity index (χ0) is 13.9. The molecule has 0 aromatic carbocycles. The molecule has 104 valence electrons. The van der Waals surface area contributed by atoms with Crippen molar-refractivity contribution in [1.82, 2.24) is 15.3 Å². The number of carbonyl (C=O) groups excluding carboxylic acids is 1. The van der Waals surface area contributed by atoms with Gasteiger partial charge in [-0.25, -0.2) is 10.4 Å². The third-order valence-corrected chi connectivity index (χ3v) is 3.35. The second-order valence-corrected chi connectivity index (χ2v) is 5.81. The van der Waals surface area contributed by atoms with Crippen LogP contribution in [0.2, 0.25) is 0 Å². The number of likely N-dealkylation sites (N-methyl/N-ethyl adjacent to an activating group) is 1. The van der Waals surface area contributed by atoms with Crippen molar-refractivity contribution in [1.29, 1.82) is 0 Å². The highest BCUT2D eigenvalue weighted by Gasteiger charge is 2.37. The van der Waals surface area contributed by atoms with Crippen LogP contribution in [0.3, 0.4) is 0 Å². The van der Waals surface area contributed by atoms with Gasteiger partial charge in [0, 0.05) is 18.3 Å². The van der Waals surface area contributed by atoms with Crippen LogP contribution in [0.5, 0.6) is 0 Å². The summed E-state index contributed by atoms with van der Waals surface area (Å²) >= 11 is 0. The average molecular weight is 254 g/mol. The fourth-order valence-corrected chi connectivity index (χ4v) is 1.84. The Labute approximate surface area is 110 Å². The number of nitrogens with zero attached hydrogens (tertiary/aromatic N) is 3. The molecule has 0 bridgehead atoms. The normalized spacial score (nSPS) is 23.7. The van der Waals surface area contributed by atoms with Crippen LogP contribution >= 0.6 is 0 Å². The molecule has 1 N–H and O–H groups in total. The van der Waals surface area contributed by atoms with E-state index >= 15 is 0 Å². The molecule has 5 nitrogen and oxygen atoms in total. The molecule has 1 rings (SSSR count). The van der Waals surface area contributed by atoms with Gasteiger partial charge in [0.1, 0.15) is 6.04 Å². The molecule has 1 heterocycles. The third kappa shape index (κ3) is 3.53. The van der Waals surface area contributed by atoms with E-state index in [-0.39, 0.29) is 17.5 Å². The lowest BCUT2D eigenvalue weighted by molar-refractivity contribution is -0.151. The fraction of sp³-hybridized carbons (Fsp3) is 0.846. The van der Waals surface area contributed by atoms with Crippen LogP contribution in [0.1, 0.15) is 41.0 Å². The highest BCUT2D eigenvalue weighted by Crippen LogP contribution is 2.18. The maximum Gasteiger partial charge on any atom is 0.244 e. The van der Waals surface area contributed by atoms with Gasteiger partial charge in [0.05, 0.1) is 13.2 Å². The zero-order valence-corrected chi connectivity index (χ0v) is 12.4. The van der Waals surface area contributed by atoms with Crippen molar-refractivity contribution in [2.75, 3.05) is 20.3 Å². The predicted octanol–water partition coefficient (Wildman–Crippen LogP) is 1.26. The summed E-state index contributed by atoms with van der Waals surface area (Å²) in [6.45, 7) is 11.3. The van der Waals surface area contributed by atoms with Gasteiger partial charge in [0.2, 0.25) is 5.91 Å². The maximum absolute atomic E-state index is 12.5. The van der Waals surface area contributed by atoms with Crippen molar-refractivity contribution in [3.63, 3.8) is 0 Å². The van der Waals surface area contributed by atoms with E-state index in [0.717, 1.165) is 12.1 Å². The molecule has 1 atom stereocenters. The Bertz CT molecular complexity index is 332. The van der Waals surface area contributed by atoms with Gasteiger partial charge in [-0.3, -0.25) is 9.79 Å². The van der Waals surface area contributed by atoms with E-state index in [9.17, 15) is 4.79 Å². The zero-order valence-electron chi connectivity index (χ0n) is 12.4. The molecule has 0 saturated carbocycles. The molecular weight excluding hydrogens is 228 g/mol. The van der Waals surface area contributed by atoms with E-state index in [2.05, 4.69) is 38.1 Å². The van der Waals surface area contributed by atoms with Crippen LogP contribution < -0.4 is 5.43 Å². The number of carbonyl (C=O) groups is 1. The van der Waals surface area contributed by atoms with Crippen molar-refractivity contribution in [3.05, 3.63) is 0 Å². The minimum absolute atomic E-state index is 0.149. The van der Waals surface area contributed by atoms with Crippen LogP contribution in [0.15, 0.2) is 4.99 Å². The van der Waals surface area contributed by atoms with E-state index in [1.165, 1.54) is 0 Å². The van der Waals surface area contributed by atoms with Crippen molar-refractivity contribution in [2.45, 2.75) is 52.6 Å². The first kappa shape index (κ1) is 15.1. The number of aliphatic imine (C=N–C) groups is 1. The van der Waals surface area contributed by atoms with Crippen molar-refractivity contribution in [2.24, 2.45) is 4.99 Å². The SMILES string of the molecule is CC/C(C)=N\CC1C(=O)N(C(C)(C)C)CNN1C. The molecule has 0 spiro atoms. The Morgan fingerprint density at radius 2 is 2.11 bits per heavy atom. The summed E-state index contributed by atoms with van der Waals surface area (Å²) in [5.74, 6) is 0.149. The largest absolute Gasteiger partial charge is 0.322 e. The molecule has 1 unspecified atom stereocenters. The Hall–Kier alpha value is -0.940. The molecule has 1 amide bonds. The van der Waals surface area contributed by atoms with Gasteiger partial charge in [-0.05, 0) is 34.1 Å². The van der Waals surface area contributed by atoms with Crippen LogP contribution in [0, 0.1) is 0 Å². The van der Waals surface area contributed by atoms with Crippen molar-refractivity contribution >= 4 is 11.6 Å². The van der Waals surface area contributed by atoms with E-state index in [1.807, 2.05) is 23.9 Å². The van der Waals surface area contributed by atoms with Gasteiger partial charge in [-0.15, -0.1) is 0 Å². The van der Waals surface area contributed by atoms with Crippen LogP contribution in [0.4, 0.5) is 0 Å². The number of nitrogens with one attached hydrogen (secondary N) is 1. The molecule has 1 aliphatic heterocycles. The molecule has 5 heteroatoms. The van der Waals surface area contributed by atoms with Crippen molar-refractivity contribution in [3.8, 4) is 0 Å². The summed E-state index contributed by atoms with van der Waals surface area (Å²) in [7, 11) is 1.90. The van der Waals surface area contributed by atoms with Gasteiger partial charge < -0.3 is 4.90 Å². The van der Waals surface area contributed by atoms with Gasteiger partial charge >= 0.3 is 0 Å². The summed E-state index contributed by atoms with van der Waals surface area (Å²) in [5.41, 5.74) is 4.16. The monoisotopic (exact) mass is 254 g/mol. The summed E-state index contributed by atoms with van der Waals surface area (Å²) < 4.78 is 0. The quantitative estimate of drug-likeness (QED) is 0.771. The number of rotatable bonds is 3. The van der Waals surface area contributed by atoms with Crippen molar-refractivity contribution < 1.29 is 4.79 Å². The molecule has 18 heavy (non-hydrogen) atoms. The summed E-state index contributed by atoms with van der Waals surface area (Å²) in [6.07, 6.45) is 0.932. The highest BCUT2D eigenvalue weighted by molar-refractivity contribution is 5.85. The third-order valence-electron chi connectivity index (χ3n) is 3.35. The second-order valence-electron chi connectivity index (χ2n) is 5.81. The lowest BCUT2D eigenvalue weighted by atomic mass is 10.0. The number of hydrogen-bond donors (Lipinski definition) is 1. The van der Waals surface area contributed by atoms with Crippen LogP contribution in [0.25, 0.3) is 0 Å². The Kier molecular flexibility index (Phi) is 4.87. The molecular formula is C13H26N4O. The fourth-order valence-electron chi connectivity index (χ4n) is 1.84. The number of hydrogen-bond acceptors (Lipinski definition) is 4. The van der Waals surface area contributed by atoms with Crippen LogP contribution in [-0.4, -0.2) is 53.4 Å². The minimum Gasteiger partial charge on any atom is -0.322 e. The summed E-state index contributed by atoms with van der Waals surface area (Å²) in [4.78, 5) is 18.8. The van der Waals surface area contributed by atoms with Gasteiger partial charge in [0.15, 0.2) is 0 Å². The first-order chi connectivity index (χ1) is 8.27. The topological polar surface area (TPSA) is 47.9 Å².